The monoisotopic (exact) mass is 285 g/mol. The third kappa shape index (κ3) is 3.56. The Morgan fingerprint density at radius 2 is 2.25 bits per heavy atom. The van der Waals surface area contributed by atoms with E-state index in [9.17, 15) is 4.79 Å². The van der Waals surface area contributed by atoms with Crippen molar-refractivity contribution in [1.82, 2.24) is 9.97 Å². The molecule has 0 atom stereocenters. The normalized spacial score (nSPS) is 9.80. The summed E-state index contributed by atoms with van der Waals surface area (Å²) in [7, 11) is 1.33. The van der Waals surface area contributed by atoms with Crippen LogP contribution in [0.2, 0.25) is 0 Å². The summed E-state index contributed by atoms with van der Waals surface area (Å²) in [6.45, 7) is 0. The van der Waals surface area contributed by atoms with E-state index in [1.165, 1.54) is 25.1 Å². The van der Waals surface area contributed by atoms with Gasteiger partial charge in [-0.15, -0.1) is 0 Å². The highest BCUT2D eigenvalue weighted by Crippen LogP contribution is 2.20. The number of pyridine rings is 2. The van der Waals surface area contributed by atoms with E-state index in [0.29, 0.717) is 16.9 Å². The van der Waals surface area contributed by atoms with Crippen molar-refractivity contribution in [3.8, 4) is 6.07 Å². The molecule has 0 aliphatic rings. The molecule has 0 spiro atoms. The number of hydrogen-bond acceptors (Lipinski definition) is 6. The highest BCUT2D eigenvalue weighted by Gasteiger charge is 2.06. The van der Waals surface area contributed by atoms with Gasteiger partial charge in [0, 0.05) is 18.1 Å². The lowest BCUT2D eigenvalue weighted by atomic mass is 10.2. The lowest BCUT2D eigenvalue weighted by Gasteiger charge is -2.02. The Kier molecular flexibility index (Phi) is 4.69. The Morgan fingerprint density at radius 3 is 2.90 bits per heavy atom. The first-order chi connectivity index (χ1) is 9.72. The first kappa shape index (κ1) is 14.0. The van der Waals surface area contributed by atoms with Crippen molar-refractivity contribution < 1.29 is 9.53 Å². The second-order valence-corrected chi connectivity index (χ2v) is 4.81. The Morgan fingerprint density at radius 1 is 1.40 bits per heavy atom. The van der Waals surface area contributed by atoms with Crippen LogP contribution in [0.4, 0.5) is 0 Å². The first-order valence-electron chi connectivity index (χ1n) is 5.75. The van der Waals surface area contributed by atoms with E-state index < -0.39 is 5.97 Å². The molecule has 6 heteroatoms. The van der Waals surface area contributed by atoms with Gasteiger partial charge in [-0.3, -0.25) is 4.98 Å². The first-order valence-corrected chi connectivity index (χ1v) is 6.73. The predicted molar refractivity (Wildman–Crippen MR) is 74.1 cm³/mol. The van der Waals surface area contributed by atoms with Crippen LogP contribution >= 0.6 is 11.8 Å². The van der Waals surface area contributed by atoms with Crippen molar-refractivity contribution in [3.63, 3.8) is 0 Å². The minimum Gasteiger partial charge on any atom is -0.465 e. The SMILES string of the molecule is COC(=O)c1ccc(CSc2cc(C#N)ccn2)nc1. The number of nitriles is 1. The van der Waals surface area contributed by atoms with Crippen LogP contribution in [0.3, 0.4) is 0 Å². The predicted octanol–water partition coefficient (Wildman–Crippen LogP) is 2.43. The fourth-order valence-corrected chi connectivity index (χ4v) is 2.27. The molecule has 0 N–H and O–H groups in total. The Labute approximate surface area is 120 Å². The van der Waals surface area contributed by atoms with E-state index in [0.717, 1.165) is 10.7 Å². The van der Waals surface area contributed by atoms with E-state index in [1.54, 1.807) is 30.5 Å². The number of carbonyl (C=O) groups is 1. The summed E-state index contributed by atoms with van der Waals surface area (Å²) in [5.74, 6) is 0.212. The summed E-state index contributed by atoms with van der Waals surface area (Å²) in [6, 6.07) is 8.91. The molecule has 0 aliphatic carbocycles. The number of rotatable bonds is 4. The molecule has 2 aromatic rings. The maximum atomic E-state index is 11.3. The quantitative estimate of drug-likeness (QED) is 0.634. The van der Waals surface area contributed by atoms with Crippen LogP contribution in [0.5, 0.6) is 0 Å². The van der Waals surface area contributed by atoms with E-state index in [1.807, 2.05) is 0 Å². The highest BCUT2D eigenvalue weighted by molar-refractivity contribution is 7.98. The number of hydrogen-bond donors (Lipinski definition) is 0. The Balaban J connectivity index is 2.00. The van der Waals surface area contributed by atoms with Gasteiger partial charge >= 0.3 is 5.97 Å². The van der Waals surface area contributed by atoms with Gasteiger partial charge in [-0.05, 0) is 24.3 Å². The van der Waals surface area contributed by atoms with E-state index in [4.69, 9.17) is 5.26 Å². The van der Waals surface area contributed by atoms with Gasteiger partial charge < -0.3 is 4.74 Å². The van der Waals surface area contributed by atoms with E-state index in [2.05, 4.69) is 20.8 Å². The summed E-state index contributed by atoms with van der Waals surface area (Å²) in [6.07, 6.45) is 3.09. The number of ether oxygens (including phenoxy) is 1. The van der Waals surface area contributed by atoms with Gasteiger partial charge in [-0.1, -0.05) is 11.8 Å². The van der Waals surface area contributed by atoms with Gasteiger partial charge in [0.25, 0.3) is 0 Å². The molecule has 0 saturated carbocycles. The number of carbonyl (C=O) groups excluding carboxylic acids is 1. The van der Waals surface area contributed by atoms with Gasteiger partial charge in [0.1, 0.15) is 0 Å². The van der Waals surface area contributed by atoms with Crippen molar-refractivity contribution in [2.24, 2.45) is 0 Å². The van der Waals surface area contributed by atoms with Crippen molar-refractivity contribution in [1.29, 1.82) is 5.26 Å². The van der Waals surface area contributed by atoms with Gasteiger partial charge in [0.05, 0.1) is 35.0 Å². The van der Waals surface area contributed by atoms with Crippen LogP contribution in [0.15, 0.2) is 41.7 Å². The number of esters is 1. The summed E-state index contributed by atoms with van der Waals surface area (Å²) < 4.78 is 4.61. The molecule has 0 aromatic carbocycles. The average molecular weight is 285 g/mol. The Bertz CT molecular complexity index is 650. The van der Waals surface area contributed by atoms with Crippen molar-refractivity contribution in [2.75, 3.05) is 7.11 Å². The van der Waals surface area contributed by atoms with Gasteiger partial charge in [-0.25, -0.2) is 9.78 Å². The van der Waals surface area contributed by atoms with Crippen molar-refractivity contribution in [2.45, 2.75) is 10.8 Å². The maximum absolute atomic E-state index is 11.3. The Hall–Kier alpha value is -2.39. The topological polar surface area (TPSA) is 75.9 Å². The molecule has 0 bridgehead atoms. The van der Waals surface area contributed by atoms with Crippen molar-refractivity contribution >= 4 is 17.7 Å². The average Bonchev–Trinajstić information content (AvgIpc) is 2.53. The number of methoxy groups -OCH3 is 1. The van der Waals surface area contributed by atoms with E-state index in [-0.39, 0.29) is 0 Å². The molecule has 0 fully saturated rings. The van der Waals surface area contributed by atoms with Crippen LogP contribution in [0.1, 0.15) is 21.6 Å². The molecule has 2 aromatic heterocycles. The molecule has 0 saturated heterocycles. The minimum atomic E-state index is -0.403. The third-order valence-corrected chi connectivity index (χ3v) is 3.44. The zero-order valence-corrected chi connectivity index (χ0v) is 11.6. The minimum absolute atomic E-state index is 0.403. The molecule has 0 radical (unpaired) electrons. The molecule has 2 rings (SSSR count). The molecule has 0 amide bonds. The number of aromatic nitrogens is 2. The maximum Gasteiger partial charge on any atom is 0.339 e. The molecule has 20 heavy (non-hydrogen) atoms. The molecule has 5 nitrogen and oxygen atoms in total. The second kappa shape index (κ2) is 6.68. The molecule has 0 aliphatic heterocycles. The largest absolute Gasteiger partial charge is 0.465 e. The smallest absolute Gasteiger partial charge is 0.339 e. The number of thioether (sulfide) groups is 1. The van der Waals surface area contributed by atoms with Crippen LogP contribution in [-0.2, 0) is 10.5 Å². The second-order valence-electron chi connectivity index (χ2n) is 3.81. The molecular formula is C14H11N3O2S. The summed E-state index contributed by atoms with van der Waals surface area (Å²) in [5, 5.41) is 9.58. The molecule has 0 unspecified atom stereocenters. The lowest BCUT2D eigenvalue weighted by molar-refractivity contribution is 0.0600. The van der Waals surface area contributed by atoms with Crippen LogP contribution in [-0.4, -0.2) is 23.0 Å². The van der Waals surface area contributed by atoms with E-state index >= 15 is 0 Å². The van der Waals surface area contributed by atoms with Gasteiger partial charge in [-0.2, -0.15) is 5.26 Å². The molecule has 2 heterocycles. The zero-order valence-electron chi connectivity index (χ0n) is 10.7. The summed E-state index contributed by atoms with van der Waals surface area (Å²) in [4.78, 5) is 19.6. The summed E-state index contributed by atoms with van der Waals surface area (Å²) in [5.41, 5.74) is 1.83. The van der Waals surface area contributed by atoms with Gasteiger partial charge in [0.15, 0.2) is 0 Å². The van der Waals surface area contributed by atoms with Crippen LogP contribution in [0, 0.1) is 11.3 Å². The fourth-order valence-electron chi connectivity index (χ4n) is 1.45. The third-order valence-electron chi connectivity index (χ3n) is 2.48. The fraction of sp³-hybridized carbons (Fsp3) is 0.143. The zero-order chi connectivity index (χ0) is 14.4. The van der Waals surface area contributed by atoms with Crippen LogP contribution in [0.25, 0.3) is 0 Å². The lowest BCUT2D eigenvalue weighted by Crippen LogP contribution is -2.02. The summed E-state index contributed by atoms with van der Waals surface area (Å²) >= 11 is 1.48. The molecular weight excluding hydrogens is 274 g/mol. The van der Waals surface area contributed by atoms with Gasteiger partial charge in [0.2, 0.25) is 0 Å². The molecule has 100 valence electrons. The number of nitrogens with zero attached hydrogens (tertiary/aromatic N) is 3. The standard InChI is InChI=1S/C14H11N3O2S/c1-19-14(18)11-2-3-12(17-8-11)9-20-13-6-10(7-15)4-5-16-13/h2-6,8H,9H2,1H3. The van der Waals surface area contributed by atoms with Crippen molar-refractivity contribution in [3.05, 3.63) is 53.5 Å². The van der Waals surface area contributed by atoms with Crippen LogP contribution < -0.4 is 0 Å². The highest BCUT2D eigenvalue weighted by atomic mass is 32.2.